The summed E-state index contributed by atoms with van der Waals surface area (Å²) in [5, 5.41) is 0. The van der Waals surface area contributed by atoms with Crippen molar-refractivity contribution in [2.75, 3.05) is 5.75 Å². The summed E-state index contributed by atoms with van der Waals surface area (Å²) >= 11 is 0. The van der Waals surface area contributed by atoms with E-state index in [2.05, 4.69) is 0 Å². The highest BCUT2D eigenvalue weighted by molar-refractivity contribution is 7.86. The molecule has 0 aliphatic heterocycles. The monoisotopic (exact) mass is 382 g/mol. The average Bonchev–Trinajstić information content (AvgIpc) is 2.58. The summed E-state index contributed by atoms with van der Waals surface area (Å²) < 4.78 is 88.5. The highest BCUT2D eigenvalue weighted by Crippen LogP contribution is 2.64. The van der Waals surface area contributed by atoms with E-state index in [0.717, 1.165) is 6.42 Å². The van der Waals surface area contributed by atoms with E-state index in [1.807, 2.05) is 13.8 Å². The van der Waals surface area contributed by atoms with Gasteiger partial charge >= 0.3 is 15.6 Å². The van der Waals surface area contributed by atoms with Crippen molar-refractivity contribution >= 4 is 26.0 Å². The zero-order chi connectivity index (χ0) is 18.5. The number of rotatable bonds is 2. The second-order valence-corrected chi connectivity index (χ2v) is 9.18. The van der Waals surface area contributed by atoms with Crippen LogP contribution in [0.1, 0.15) is 33.1 Å². The molecule has 2 N–H and O–H groups in total. The fraction of sp³-hybridized carbons (Fsp3) is 0.909. The summed E-state index contributed by atoms with van der Waals surface area (Å²) in [7, 11) is -9.92. The molecule has 2 rings (SSSR count). The SMILES string of the molecule is CC1(C)C2CCC1(CS(=O)(=O)O)C(=O)C2.O=S(=O)(O)C(F)(F)F. The van der Waals surface area contributed by atoms with Crippen LogP contribution in [0.3, 0.4) is 0 Å². The molecule has 12 heteroatoms. The van der Waals surface area contributed by atoms with Crippen molar-refractivity contribution < 1.29 is 43.9 Å². The van der Waals surface area contributed by atoms with Crippen LogP contribution in [0.4, 0.5) is 13.2 Å². The second-order valence-electron chi connectivity index (χ2n) is 6.31. The van der Waals surface area contributed by atoms with Crippen LogP contribution in [0.2, 0.25) is 0 Å². The first kappa shape index (κ1) is 20.3. The summed E-state index contributed by atoms with van der Waals surface area (Å²) in [6.45, 7) is 3.89. The van der Waals surface area contributed by atoms with E-state index in [1.54, 1.807) is 0 Å². The van der Waals surface area contributed by atoms with Crippen LogP contribution in [0.25, 0.3) is 0 Å². The molecule has 2 atom stereocenters. The van der Waals surface area contributed by atoms with Crippen molar-refractivity contribution in [2.24, 2.45) is 16.7 Å². The molecule has 0 radical (unpaired) electrons. The number of carbonyl (C=O) groups is 1. The molecule has 2 bridgehead atoms. The molecule has 0 saturated heterocycles. The lowest BCUT2D eigenvalue weighted by atomic mass is 9.70. The lowest BCUT2D eigenvalue weighted by Gasteiger charge is -2.35. The highest BCUT2D eigenvalue weighted by Gasteiger charge is 2.65. The molecule has 2 saturated carbocycles. The fourth-order valence-electron chi connectivity index (χ4n) is 3.42. The molecule has 23 heavy (non-hydrogen) atoms. The summed E-state index contributed by atoms with van der Waals surface area (Å²) in [4.78, 5) is 11.9. The summed E-state index contributed by atoms with van der Waals surface area (Å²) in [5.74, 6) is -0.101. The number of fused-ring (bicyclic) bond motifs is 2. The van der Waals surface area contributed by atoms with Gasteiger partial charge in [0.25, 0.3) is 10.1 Å². The van der Waals surface area contributed by atoms with Crippen LogP contribution in [0, 0.1) is 16.7 Å². The maximum atomic E-state index is 11.9. The van der Waals surface area contributed by atoms with Crippen LogP contribution in [0.5, 0.6) is 0 Å². The maximum absolute atomic E-state index is 11.9. The summed E-state index contributed by atoms with van der Waals surface area (Å²) in [5.41, 5.74) is -6.65. The third kappa shape index (κ3) is 3.86. The predicted molar refractivity (Wildman–Crippen MR) is 72.6 cm³/mol. The lowest BCUT2D eigenvalue weighted by Crippen LogP contribution is -2.42. The van der Waals surface area contributed by atoms with E-state index >= 15 is 0 Å². The number of alkyl halides is 3. The molecular weight excluding hydrogens is 365 g/mol. The van der Waals surface area contributed by atoms with Gasteiger partial charge in [0.05, 0.1) is 11.2 Å². The lowest BCUT2D eigenvalue weighted by molar-refractivity contribution is -0.128. The Morgan fingerprint density at radius 1 is 1.17 bits per heavy atom. The molecule has 0 heterocycles. The van der Waals surface area contributed by atoms with Crippen molar-refractivity contribution in [3.8, 4) is 0 Å². The van der Waals surface area contributed by atoms with Gasteiger partial charge in [-0.2, -0.15) is 30.0 Å². The molecule has 2 fully saturated rings. The highest BCUT2D eigenvalue weighted by atomic mass is 32.2. The Labute approximate surface area is 131 Å². The van der Waals surface area contributed by atoms with Crippen molar-refractivity contribution in [1.82, 2.24) is 0 Å². The van der Waals surface area contributed by atoms with E-state index in [-0.39, 0.29) is 17.1 Å². The molecular formula is C11H17F3O7S2. The molecule has 0 amide bonds. The van der Waals surface area contributed by atoms with E-state index in [9.17, 15) is 26.4 Å². The Balaban J connectivity index is 0.000000284. The van der Waals surface area contributed by atoms with Crippen LogP contribution >= 0.6 is 0 Å². The van der Waals surface area contributed by atoms with Gasteiger partial charge < -0.3 is 0 Å². The summed E-state index contributed by atoms with van der Waals surface area (Å²) in [6.07, 6.45) is 1.97. The molecule has 0 aromatic carbocycles. The molecule has 0 spiro atoms. The quantitative estimate of drug-likeness (QED) is 0.549. The Hall–Kier alpha value is -0.720. The zero-order valence-electron chi connectivity index (χ0n) is 12.3. The van der Waals surface area contributed by atoms with Gasteiger partial charge in [-0.05, 0) is 24.2 Å². The zero-order valence-corrected chi connectivity index (χ0v) is 13.9. The minimum atomic E-state index is -5.84. The van der Waals surface area contributed by atoms with Crippen LogP contribution in [-0.2, 0) is 25.0 Å². The molecule has 2 aliphatic carbocycles. The van der Waals surface area contributed by atoms with Crippen LogP contribution in [0.15, 0.2) is 0 Å². The Kier molecular flexibility index (Phi) is 5.01. The normalized spacial score (nSPS) is 30.0. The minimum Gasteiger partial charge on any atom is -0.299 e. The van der Waals surface area contributed by atoms with Gasteiger partial charge in [-0.1, -0.05) is 13.8 Å². The number of hydrogen-bond donors (Lipinski definition) is 2. The van der Waals surface area contributed by atoms with Gasteiger partial charge in [0.2, 0.25) is 0 Å². The predicted octanol–water partition coefficient (Wildman–Crippen LogP) is 1.66. The number of halogens is 3. The Bertz CT molecular complexity index is 694. The van der Waals surface area contributed by atoms with Crippen LogP contribution in [-0.4, -0.2) is 43.0 Å². The first-order chi connectivity index (χ1) is 9.94. The first-order valence-corrected chi connectivity index (χ1v) is 9.51. The largest absolute Gasteiger partial charge is 0.522 e. The number of carbonyl (C=O) groups excluding carboxylic acids is 1. The van der Waals surface area contributed by atoms with Crippen molar-refractivity contribution in [2.45, 2.75) is 38.6 Å². The van der Waals surface area contributed by atoms with E-state index in [1.165, 1.54) is 0 Å². The third-order valence-corrected chi connectivity index (χ3v) is 6.30. The van der Waals surface area contributed by atoms with E-state index in [4.69, 9.17) is 17.5 Å². The van der Waals surface area contributed by atoms with E-state index in [0.29, 0.717) is 12.8 Å². The number of Topliss-reactive ketones (excluding diaryl/α,β-unsaturated/α-hetero) is 1. The second kappa shape index (κ2) is 5.67. The topological polar surface area (TPSA) is 126 Å². The van der Waals surface area contributed by atoms with Crippen molar-refractivity contribution in [3.63, 3.8) is 0 Å². The molecule has 0 aromatic rings. The average molecular weight is 382 g/mol. The first-order valence-electron chi connectivity index (χ1n) is 6.46. The van der Waals surface area contributed by atoms with Gasteiger partial charge in [-0.25, -0.2) is 0 Å². The molecule has 2 unspecified atom stereocenters. The van der Waals surface area contributed by atoms with Gasteiger partial charge in [-0.3, -0.25) is 13.9 Å². The van der Waals surface area contributed by atoms with Crippen molar-refractivity contribution in [1.29, 1.82) is 0 Å². The smallest absolute Gasteiger partial charge is 0.299 e. The molecule has 136 valence electrons. The Morgan fingerprint density at radius 2 is 1.61 bits per heavy atom. The maximum Gasteiger partial charge on any atom is 0.522 e. The van der Waals surface area contributed by atoms with Gasteiger partial charge in [-0.15, -0.1) is 0 Å². The standard InChI is InChI=1S/C10H16O4S.CHF3O3S/c1-9(2)7-3-4-10(9,8(11)5-7)6-15(12,13)14;2-1(3,4)8(5,6)7/h7H,3-6H2,1-2H3,(H,12,13,14);(H,5,6,7). The third-order valence-electron chi connectivity index (χ3n) is 4.86. The molecule has 0 aromatic heterocycles. The summed E-state index contributed by atoms with van der Waals surface area (Å²) in [6, 6.07) is 0. The fourth-order valence-corrected chi connectivity index (χ4v) is 4.72. The molecule has 7 nitrogen and oxygen atoms in total. The van der Waals surface area contributed by atoms with E-state index < -0.39 is 36.9 Å². The number of ketones is 1. The van der Waals surface area contributed by atoms with Crippen LogP contribution < -0.4 is 0 Å². The van der Waals surface area contributed by atoms with Gasteiger partial charge in [0.1, 0.15) is 5.78 Å². The van der Waals surface area contributed by atoms with Gasteiger partial charge in [0, 0.05) is 6.42 Å². The number of hydrogen-bond acceptors (Lipinski definition) is 5. The minimum absolute atomic E-state index is 0.0152. The van der Waals surface area contributed by atoms with Crippen molar-refractivity contribution in [3.05, 3.63) is 0 Å². The van der Waals surface area contributed by atoms with Gasteiger partial charge in [0.15, 0.2) is 0 Å². The molecule has 2 aliphatic rings. The Morgan fingerprint density at radius 3 is 1.83 bits per heavy atom.